The highest BCUT2D eigenvalue weighted by Gasteiger charge is 2.36. The lowest BCUT2D eigenvalue weighted by atomic mass is 10.1. The standard InChI is InChI=1S/C12H19BrN2O2/c1-12(2,13)11(17)15-7-5-14(6-8-15)10(16)9-3-4-9/h9H,3-8H2,1-2H3. The lowest BCUT2D eigenvalue weighted by molar-refractivity contribution is -0.141. The number of hydrogen-bond acceptors (Lipinski definition) is 2. The van der Waals surface area contributed by atoms with Crippen molar-refractivity contribution in [3.8, 4) is 0 Å². The zero-order chi connectivity index (χ0) is 12.6. The molecule has 0 bridgehead atoms. The molecule has 1 aliphatic heterocycles. The topological polar surface area (TPSA) is 40.6 Å². The second kappa shape index (κ2) is 4.59. The Bertz CT molecular complexity index is 326. The van der Waals surface area contributed by atoms with E-state index in [1.165, 1.54) is 0 Å². The van der Waals surface area contributed by atoms with Gasteiger partial charge >= 0.3 is 0 Å². The smallest absolute Gasteiger partial charge is 0.239 e. The van der Waals surface area contributed by atoms with Gasteiger partial charge in [0, 0.05) is 32.1 Å². The van der Waals surface area contributed by atoms with Crippen LogP contribution < -0.4 is 0 Å². The minimum atomic E-state index is -0.504. The predicted molar refractivity (Wildman–Crippen MR) is 68.9 cm³/mol. The summed E-state index contributed by atoms with van der Waals surface area (Å²) in [5.41, 5.74) is 0. The number of carbonyl (C=O) groups is 2. The lowest BCUT2D eigenvalue weighted by Gasteiger charge is -2.37. The van der Waals surface area contributed by atoms with E-state index < -0.39 is 4.32 Å². The van der Waals surface area contributed by atoms with E-state index in [0.29, 0.717) is 26.2 Å². The largest absolute Gasteiger partial charge is 0.339 e. The van der Waals surface area contributed by atoms with Gasteiger partial charge in [-0.15, -0.1) is 0 Å². The van der Waals surface area contributed by atoms with E-state index in [-0.39, 0.29) is 17.7 Å². The Morgan fingerprint density at radius 3 is 1.94 bits per heavy atom. The Morgan fingerprint density at radius 1 is 1.06 bits per heavy atom. The van der Waals surface area contributed by atoms with Crippen LogP contribution in [-0.2, 0) is 9.59 Å². The Hall–Kier alpha value is -0.580. The third-order valence-electron chi connectivity index (χ3n) is 3.31. The van der Waals surface area contributed by atoms with E-state index in [9.17, 15) is 9.59 Å². The summed E-state index contributed by atoms with van der Waals surface area (Å²) >= 11 is 3.38. The molecule has 0 spiro atoms. The SMILES string of the molecule is CC(C)(Br)C(=O)N1CCN(C(=O)C2CC2)CC1. The highest BCUT2D eigenvalue weighted by atomic mass is 79.9. The van der Waals surface area contributed by atoms with Crippen molar-refractivity contribution in [2.75, 3.05) is 26.2 Å². The van der Waals surface area contributed by atoms with Gasteiger partial charge in [-0.3, -0.25) is 9.59 Å². The summed E-state index contributed by atoms with van der Waals surface area (Å²) < 4.78 is -0.504. The van der Waals surface area contributed by atoms with Crippen molar-refractivity contribution in [1.82, 2.24) is 9.80 Å². The van der Waals surface area contributed by atoms with Crippen molar-refractivity contribution in [3.63, 3.8) is 0 Å². The third kappa shape index (κ3) is 3.00. The Balaban J connectivity index is 1.85. The van der Waals surface area contributed by atoms with Crippen LogP contribution in [0.1, 0.15) is 26.7 Å². The molecule has 0 aromatic heterocycles. The monoisotopic (exact) mass is 302 g/mol. The van der Waals surface area contributed by atoms with E-state index in [1.54, 1.807) is 0 Å². The number of alkyl halides is 1. The van der Waals surface area contributed by atoms with Crippen LogP contribution in [0.3, 0.4) is 0 Å². The first-order valence-corrected chi connectivity index (χ1v) is 6.96. The normalized spacial score (nSPS) is 21.6. The molecule has 1 aliphatic carbocycles. The molecule has 1 heterocycles. The summed E-state index contributed by atoms with van der Waals surface area (Å²) in [6.45, 7) is 6.40. The molecule has 2 rings (SSSR count). The van der Waals surface area contributed by atoms with Crippen LogP contribution in [0.2, 0.25) is 0 Å². The van der Waals surface area contributed by atoms with Crippen LogP contribution in [0, 0.1) is 5.92 Å². The molecule has 2 aliphatic rings. The van der Waals surface area contributed by atoms with Crippen molar-refractivity contribution in [2.24, 2.45) is 5.92 Å². The van der Waals surface area contributed by atoms with E-state index in [4.69, 9.17) is 0 Å². The minimum Gasteiger partial charge on any atom is -0.339 e. The third-order valence-corrected chi connectivity index (χ3v) is 3.65. The molecule has 1 saturated carbocycles. The van der Waals surface area contributed by atoms with E-state index >= 15 is 0 Å². The van der Waals surface area contributed by atoms with Crippen LogP contribution in [0.15, 0.2) is 0 Å². The van der Waals surface area contributed by atoms with Gasteiger partial charge in [0.25, 0.3) is 0 Å². The van der Waals surface area contributed by atoms with Gasteiger partial charge in [0.05, 0.1) is 4.32 Å². The summed E-state index contributed by atoms with van der Waals surface area (Å²) in [5, 5.41) is 0. The Kier molecular flexibility index (Phi) is 3.48. The number of halogens is 1. The summed E-state index contributed by atoms with van der Waals surface area (Å²) in [5.74, 6) is 0.677. The number of amides is 2. The van der Waals surface area contributed by atoms with Gasteiger partial charge < -0.3 is 9.80 Å². The fraction of sp³-hybridized carbons (Fsp3) is 0.833. The maximum absolute atomic E-state index is 12.0. The quantitative estimate of drug-likeness (QED) is 0.720. The molecule has 96 valence electrons. The number of hydrogen-bond donors (Lipinski definition) is 0. The fourth-order valence-corrected chi connectivity index (χ4v) is 2.35. The molecular weight excluding hydrogens is 284 g/mol. The maximum atomic E-state index is 12.0. The molecule has 0 radical (unpaired) electrons. The van der Waals surface area contributed by atoms with Crippen molar-refractivity contribution < 1.29 is 9.59 Å². The van der Waals surface area contributed by atoms with Crippen molar-refractivity contribution in [3.05, 3.63) is 0 Å². The molecular formula is C12H19BrN2O2. The van der Waals surface area contributed by atoms with Gasteiger partial charge in [0.2, 0.25) is 11.8 Å². The number of nitrogens with zero attached hydrogens (tertiary/aromatic N) is 2. The van der Waals surface area contributed by atoms with Crippen molar-refractivity contribution in [1.29, 1.82) is 0 Å². The van der Waals surface area contributed by atoms with E-state index in [1.807, 2.05) is 23.6 Å². The molecule has 2 fully saturated rings. The zero-order valence-corrected chi connectivity index (χ0v) is 12.0. The molecule has 1 saturated heterocycles. The van der Waals surface area contributed by atoms with Gasteiger partial charge in [-0.25, -0.2) is 0 Å². The average molecular weight is 303 g/mol. The van der Waals surface area contributed by atoms with Gasteiger partial charge in [-0.05, 0) is 26.7 Å². The van der Waals surface area contributed by atoms with E-state index in [0.717, 1.165) is 12.8 Å². The summed E-state index contributed by atoms with van der Waals surface area (Å²) in [6.07, 6.45) is 2.10. The number of rotatable bonds is 2. The number of piperazine rings is 1. The van der Waals surface area contributed by atoms with Gasteiger partial charge in [0.1, 0.15) is 0 Å². The summed E-state index contributed by atoms with van der Waals surface area (Å²) in [6, 6.07) is 0. The molecule has 0 unspecified atom stereocenters. The first kappa shape index (κ1) is 12.9. The first-order valence-electron chi connectivity index (χ1n) is 6.16. The molecule has 17 heavy (non-hydrogen) atoms. The molecule has 5 heteroatoms. The zero-order valence-electron chi connectivity index (χ0n) is 10.4. The van der Waals surface area contributed by atoms with Crippen LogP contribution in [0.5, 0.6) is 0 Å². The van der Waals surface area contributed by atoms with Gasteiger partial charge in [-0.2, -0.15) is 0 Å². The molecule has 0 atom stereocenters. The predicted octanol–water partition coefficient (Wildman–Crippen LogP) is 1.24. The van der Waals surface area contributed by atoms with Crippen LogP contribution >= 0.6 is 15.9 Å². The molecule has 4 nitrogen and oxygen atoms in total. The van der Waals surface area contributed by atoms with E-state index in [2.05, 4.69) is 15.9 Å². The lowest BCUT2D eigenvalue weighted by Crippen LogP contribution is -2.54. The second-order valence-electron chi connectivity index (χ2n) is 5.36. The highest BCUT2D eigenvalue weighted by Crippen LogP contribution is 2.31. The van der Waals surface area contributed by atoms with Crippen LogP contribution in [-0.4, -0.2) is 52.1 Å². The second-order valence-corrected chi connectivity index (χ2v) is 7.35. The average Bonchev–Trinajstić information content (AvgIpc) is 3.10. The van der Waals surface area contributed by atoms with Crippen molar-refractivity contribution in [2.45, 2.75) is 31.0 Å². The van der Waals surface area contributed by atoms with Crippen LogP contribution in [0.25, 0.3) is 0 Å². The summed E-state index contributed by atoms with van der Waals surface area (Å²) in [4.78, 5) is 27.6. The summed E-state index contributed by atoms with van der Waals surface area (Å²) in [7, 11) is 0. The maximum Gasteiger partial charge on any atom is 0.239 e. The van der Waals surface area contributed by atoms with Crippen molar-refractivity contribution >= 4 is 27.7 Å². The van der Waals surface area contributed by atoms with Gasteiger partial charge in [0.15, 0.2) is 0 Å². The fourth-order valence-electron chi connectivity index (χ4n) is 2.09. The van der Waals surface area contributed by atoms with Gasteiger partial charge in [-0.1, -0.05) is 15.9 Å². The Morgan fingerprint density at radius 2 is 1.53 bits per heavy atom. The molecule has 0 N–H and O–H groups in total. The molecule has 0 aromatic rings. The number of carbonyl (C=O) groups excluding carboxylic acids is 2. The first-order chi connectivity index (χ1) is 7.89. The Labute approximate surface area is 110 Å². The highest BCUT2D eigenvalue weighted by molar-refractivity contribution is 9.10. The molecule has 2 amide bonds. The minimum absolute atomic E-state index is 0.107. The van der Waals surface area contributed by atoms with Crippen LogP contribution in [0.4, 0.5) is 0 Å². The molecule has 0 aromatic carbocycles.